The van der Waals surface area contributed by atoms with Crippen molar-refractivity contribution in [2.45, 2.75) is 12.2 Å². The van der Waals surface area contributed by atoms with Crippen molar-refractivity contribution in [2.75, 3.05) is 17.3 Å². The fourth-order valence-corrected chi connectivity index (χ4v) is 2.18. The van der Waals surface area contributed by atoms with Crippen molar-refractivity contribution < 1.29 is 13.2 Å². The number of halogens is 2. The smallest absolute Gasteiger partial charge is 0.242 e. The van der Waals surface area contributed by atoms with E-state index >= 15 is 0 Å². The number of nitrogens with one attached hydrogen (secondary N) is 1. The van der Waals surface area contributed by atoms with Crippen LogP contribution in [0.3, 0.4) is 0 Å². The third-order valence-electron chi connectivity index (χ3n) is 2.32. The summed E-state index contributed by atoms with van der Waals surface area (Å²) in [6, 6.07) is 2.82. The molecular weight excluding hydrogens is 299 g/mol. The molecule has 0 heterocycles. The zero-order chi connectivity index (χ0) is 14.1. The second-order valence-electron chi connectivity index (χ2n) is 3.82. The molecule has 0 aromatic heterocycles. The van der Waals surface area contributed by atoms with Crippen molar-refractivity contribution in [3.05, 3.63) is 22.2 Å². The molecule has 0 saturated carbocycles. The Morgan fingerprint density at radius 2 is 1.78 bits per heavy atom. The molecular formula is C10H12Cl2N2O3S. The van der Waals surface area contributed by atoms with Gasteiger partial charge in [-0.1, -0.05) is 23.2 Å². The molecule has 5 nitrogen and oxygen atoms in total. The van der Waals surface area contributed by atoms with E-state index in [0.29, 0.717) is 5.69 Å². The first-order chi connectivity index (χ1) is 8.12. The number of nitrogens with two attached hydrogens (primary N) is 1. The molecule has 8 heteroatoms. The van der Waals surface area contributed by atoms with Crippen molar-refractivity contribution in [1.29, 1.82) is 0 Å². The first-order valence-electron chi connectivity index (χ1n) is 4.87. The van der Waals surface area contributed by atoms with Crippen LogP contribution in [0.4, 0.5) is 11.4 Å². The maximum atomic E-state index is 11.7. The van der Waals surface area contributed by atoms with E-state index < -0.39 is 21.0 Å². The van der Waals surface area contributed by atoms with Crippen LogP contribution in [0.1, 0.15) is 6.92 Å². The van der Waals surface area contributed by atoms with Gasteiger partial charge in [0.2, 0.25) is 5.91 Å². The Balaban J connectivity index is 3.03. The van der Waals surface area contributed by atoms with Gasteiger partial charge in [0.15, 0.2) is 9.84 Å². The number of benzene rings is 1. The van der Waals surface area contributed by atoms with E-state index in [2.05, 4.69) is 5.32 Å². The molecule has 1 amide bonds. The van der Waals surface area contributed by atoms with E-state index in [-0.39, 0.29) is 15.7 Å². The fraction of sp³-hybridized carbons (Fsp3) is 0.300. The van der Waals surface area contributed by atoms with Gasteiger partial charge < -0.3 is 11.1 Å². The number of anilines is 2. The second kappa shape index (κ2) is 5.34. The molecule has 1 atom stereocenters. The molecule has 1 unspecified atom stereocenters. The highest BCUT2D eigenvalue weighted by Crippen LogP contribution is 2.33. The van der Waals surface area contributed by atoms with Crippen molar-refractivity contribution in [3.63, 3.8) is 0 Å². The van der Waals surface area contributed by atoms with Crippen molar-refractivity contribution in [3.8, 4) is 0 Å². The SMILES string of the molecule is CC(C(=O)Nc1c(Cl)cc(N)cc1Cl)S(C)(=O)=O. The zero-order valence-corrected chi connectivity index (χ0v) is 12.0. The van der Waals surface area contributed by atoms with Gasteiger partial charge in [-0.05, 0) is 19.1 Å². The van der Waals surface area contributed by atoms with Crippen LogP contribution in [0.2, 0.25) is 10.0 Å². The van der Waals surface area contributed by atoms with Crippen molar-refractivity contribution in [2.24, 2.45) is 0 Å². The molecule has 0 radical (unpaired) electrons. The Morgan fingerprint density at radius 1 is 1.33 bits per heavy atom. The second-order valence-corrected chi connectivity index (χ2v) is 7.00. The Hall–Kier alpha value is -0.980. The lowest BCUT2D eigenvalue weighted by atomic mass is 10.2. The van der Waals surface area contributed by atoms with Crippen LogP contribution < -0.4 is 11.1 Å². The lowest BCUT2D eigenvalue weighted by molar-refractivity contribution is -0.115. The topological polar surface area (TPSA) is 89.3 Å². The van der Waals surface area contributed by atoms with E-state index in [4.69, 9.17) is 28.9 Å². The van der Waals surface area contributed by atoms with Gasteiger partial charge in [-0.25, -0.2) is 8.42 Å². The third kappa shape index (κ3) is 3.51. The molecule has 3 N–H and O–H groups in total. The Labute approximate surface area is 115 Å². The first kappa shape index (κ1) is 15.1. The molecule has 1 rings (SSSR count). The summed E-state index contributed by atoms with van der Waals surface area (Å²) < 4.78 is 22.5. The quantitative estimate of drug-likeness (QED) is 0.835. The van der Waals surface area contributed by atoms with E-state index in [9.17, 15) is 13.2 Å². The molecule has 1 aromatic rings. The lowest BCUT2D eigenvalue weighted by Gasteiger charge is -2.13. The minimum absolute atomic E-state index is 0.146. The highest BCUT2D eigenvalue weighted by molar-refractivity contribution is 7.92. The van der Waals surface area contributed by atoms with Crippen LogP contribution in [0.15, 0.2) is 12.1 Å². The van der Waals surface area contributed by atoms with Gasteiger partial charge in [0, 0.05) is 11.9 Å². The van der Waals surface area contributed by atoms with Gasteiger partial charge >= 0.3 is 0 Å². The predicted molar refractivity (Wildman–Crippen MR) is 73.8 cm³/mol. The molecule has 18 heavy (non-hydrogen) atoms. The monoisotopic (exact) mass is 310 g/mol. The molecule has 1 aromatic carbocycles. The highest BCUT2D eigenvalue weighted by Gasteiger charge is 2.24. The van der Waals surface area contributed by atoms with Crippen LogP contribution in [0.25, 0.3) is 0 Å². The Morgan fingerprint density at radius 3 is 2.17 bits per heavy atom. The van der Waals surface area contributed by atoms with Gasteiger partial charge in [-0.3, -0.25) is 4.79 Å². The average molecular weight is 311 g/mol. The van der Waals surface area contributed by atoms with E-state index in [0.717, 1.165) is 6.26 Å². The number of nitrogen functional groups attached to an aromatic ring is 1. The van der Waals surface area contributed by atoms with Crippen LogP contribution in [0, 0.1) is 0 Å². The largest absolute Gasteiger partial charge is 0.399 e. The predicted octanol–water partition coefficient (Wildman–Crippen LogP) is 1.95. The molecule has 0 fully saturated rings. The van der Waals surface area contributed by atoms with Gasteiger partial charge in [0.05, 0.1) is 15.7 Å². The number of hydrogen-bond donors (Lipinski definition) is 2. The summed E-state index contributed by atoms with van der Waals surface area (Å²) in [5.41, 5.74) is 6.00. The van der Waals surface area contributed by atoms with E-state index in [1.807, 2.05) is 0 Å². The van der Waals surface area contributed by atoms with Crippen molar-refractivity contribution in [1.82, 2.24) is 0 Å². The van der Waals surface area contributed by atoms with Crippen LogP contribution in [0.5, 0.6) is 0 Å². The summed E-state index contributed by atoms with van der Waals surface area (Å²) in [6.45, 7) is 1.28. The standard InChI is InChI=1S/C10H12Cl2N2O3S/c1-5(18(2,16)17)10(15)14-9-7(11)3-6(13)4-8(9)12/h3-5H,13H2,1-2H3,(H,14,15). The summed E-state index contributed by atoms with van der Waals surface area (Å²) in [5, 5.41) is 1.48. The number of carbonyl (C=O) groups is 1. The minimum atomic E-state index is -3.48. The summed E-state index contributed by atoms with van der Waals surface area (Å²) in [7, 11) is -3.48. The number of amides is 1. The summed E-state index contributed by atoms with van der Waals surface area (Å²) in [6.07, 6.45) is 0.976. The van der Waals surface area contributed by atoms with E-state index in [1.54, 1.807) is 0 Å². The minimum Gasteiger partial charge on any atom is -0.399 e. The summed E-state index contributed by atoms with van der Waals surface area (Å²) in [4.78, 5) is 11.7. The van der Waals surface area contributed by atoms with Crippen LogP contribution in [-0.2, 0) is 14.6 Å². The zero-order valence-electron chi connectivity index (χ0n) is 9.70. The summed E-state index contributed by atoms with van der Waals surface area (Å²) in [5.74, 6) is -0.703. The Kier molecular flexibility index (Phi) is 4.47. The normalized spacial score (nSPS) is 13.1. The number of rotatable bonds is 3. The van der Waals surface area contributed by atoms with Gasteiger partial charge in [-0.2, -0.15) is 0 Å². The third-order valence-corrected chi connectivity index (χ3v) is 4.42. The first-order valence-corrected chi connectivity index (χ1v) is 7.58. The van der Waals surface area contributed by atoms with E-state index in [1.165, 1.54) is 19.1 Å². The lowest BCUT2D eigenvalue weighted by Crippen LogP contribution is -2.32. The van der Waals surface area contributed by atoms with Crippen molar-refractivity contribution >= 4 is 50.3 Å². The van der Waals surface area contributed by atoms with Gasteiger partial charge in [0.1, 0.15) is 5.25 Å². The summed E-state index contributed by atoms with van der Waals surface area (Å²) >= 11 is 11.7. The molecule has 0 spiro atoms. The molecule has 0 bridgehead atoms. The highest BCUT2D eigenvalue weighted by atomic mass is 35.5. The average Bonchev–Trinajstić information content (AvgIpc) is 2.20. The van der Waals surface area contributed by atoms with Gasteiger partial charge in [-0.15, -0.1) is 0 Å². The van der Waals surface area contributed by atoms with Crippen LogP contribution >= 0.6 is 23.2 Å². The molecule has 0 saturated heterocycles. The number of hydrogen-bond acceptors (Lipinski definition) is 4. The van der Waals surface area contributed by atoms with Gasteiger partial charge in [0.25, 0.3) is 0 Å². The molecule has 100 valence electrons. The Bertz CT molecular complexity index is 564. The number of carbonyl (C=O) groups excluding carboxylic acids is 1. The number of sulfone groups is 1. The molecule has 0 aliphatic heterocycles. The fourth-order valence-electron chi connectivity index (χ4n) is 1.13. The molecule has 0 aliphatic rings. The van der Waals surface area contributed by atoms with Crippen LogP contribution in [-0.4, -0.2) is 25.8 Å². The maximum Gasteiger partial charge on any atom is 0.242 e. The maximum absolute atomic E-state index is 11.7. The molecule has 0 aliphatic carbocycles.